The van der Waals surface area contributed by atoms with Gasteiger partial charge >= 0.3 is 5.97 Å². The number of carboxylic acid groups (broad SMARTS) is 1. The minimum atomic E-state index is -1.99. The molecule has 0 fully saturated rings. The first-order valence-electron chi connectivity index (χ1n) is 5.19. The van der Waals surface area contributed by atoms with Crippen LogP contribution in [0.1, 0.15) is 34.5 Å². The van der Waals surface area contributed by atoms with Gasteiger partial charge < -0.3 is 20.4 Å². The van der Waals surface area contributed by atoms with Crippen LogP contribution in [-0.4, -0.2) is 38.3 Å². The van der Waals surface area contributed by atoms with E-state index in [1.165, 1.54) is 13.0 Å². The van der Waals surface area contributed by atoms with Crippen LogP contribution in [0, 0.1) is 6.92 Å². The number of hydrogen-bond acceptors (Lipinski definition) is 5. The Morgan fingerprint density at radius 1 is 1.22 bits per heavy atom. The number of carboxylic acids is 1. The van der Waals surface area contributed by atoms with E-state index in [2.05, 4.69) is 0 Å². The lowest BCUT2D eigenvalue weighted by Crippen LogP contribution is -2.28. The number of aliphatic hydroxyl groups excluding tert-OH is 2. The molecule has 1 aromatic carbocycles. The number of benzene rings is 1. The maximum Gasteiger partial charge on any atom is 0.335 e. The molecule has 0 amide bonds. The first-order valence-corrected chi connectivity index (χ1v) is 5.19. The summed E-state index contributed by atoms with van der Waals surface area (Å²) in [6.07, 6.45) is -3.67. The largest absolute Gasteiger partial charge is 0.507 e. The summed E-state index contributed by atoms with van der Waals surface area (Å²) < 4.78 is 0. The van der Waals surface area contributed by atoms with Gasteiger partial charge in [0.25, 0.3) is 0 Å². The lowest BCUT2D eigenvalue weighted by Gasteiger charge is -2.17. The van der Waals surface area contributed by atoms with Gasteiger partial charge in [-0.3, -0.25) is 4.79 Å². The third kappa shape index (κ3) is 2.66. The maximum atomic E-state index is 11.2. The molecule has 0 aliphatic carbocycles. The number of phenolic OH excluding ortho intramolecular Hbond substituents is 1. The summed E-state index contributed by atoms with van der Waals surface area (Å²) in [7, 11) is 0. The van der Waals surface area contributed by atoms with Gasteiger partial charge in [-0.05, 0) is 37.1 Å². The molecular formula is C12H14O6. The van der Waals surface area contributed by atoms with Crippen molar-refractivity contribution < 1.29 is 30.0 Å². The summed E-state index contributed by atoms with van der Waals surface area (Å²) in [5.74, 6) is -2.29. The zero-order valence-corrected chi connectivity index (χ0v) is 9.91. The van der Waals surface area contributed by atoms with Crippen molar-refractivity contribution in [3.8, 4) is 5.75 Å². The number of carbonyl (C=O) groups excluding carboxylic acids is 1. The van der Waals surface area contributed by atoms with Crippen LogP contribution < -0.4 is 0 Å². The number of rotatable bonds is 4. The highest BCUT2D eigenvalue weighted by Gasteiger charge is 2.27. The Morgan fingerprint density at radius 2 is 1.78 bits per heavy atom. The molecule has 2 unspecified atom stereocenters. The lowest BCUT2D eigenvalue weighted by atomic mass is 9.95. The van der Waals surface area contributed by atoms with Gasteiger partial charge in [0.15, 0.2) is 11.9 Å². The van der Waals surface area contributed by atoms with Crippen molar-refractivity contribution in [2.24, 2.45) is 0 Å². The average molecular weight is 254 g/mol. The predicted octanol–water partition coefficient (Wildman–Crippen LogP) is 0.382. The monoisotopic (exact) mass is 254 g/mol. The molecule has 1 rings (SSSR count). The number of Topliss-reactive ketones (excluding diaryl/α,β-unsaturated/α-hetero) is 1. The van der Waals surface area contributed by atoms with Crippen LogP contribution in [0.25, 0.3) is 0 Å². The molecule has 0 saturated heterocycles. The van der Waals surface area contributed by atoms with Crippen LogP contribution in [-0.2, 0) is 4.79 Å². The highest BCUT2D eigenvalue weighted by atomic mass is 16.4. The molecule has 0 saturated carbocycles. The second kappa shape index (κ2) is 5.16. The molecule has 0 bridgehead atoms. The third-order valence-corrected chi connectivity index (χ3v) is 2.63. The third-order valence-electron chi connectivity index (χ3n) is 2.63. The highest BCUT2D eigenvalue weighted by Crippen LogP contribution is 2.28. The number of aryl methyl sites for hydroxylation is 1. The van der Waals surface area contributed by atoms with Gasteiger partial charge in [-0.25, -0.2) is 4.79 Å². The van der Waals surface area contributed by atoms with E-state index in [9.17, 15) is 24.9 Å². The zero-order chi connectivity index (χ0) is 14.0. The Kier molecular flexibility index (Phi) is 4.05. The van der Waals surface area contributed by atoms with E-state index >= 15 is 0 Å². The summed E-state index contributed by atoms with van der Waals surface area (Å²) >= 11 is 0. The van der Waals surface area contributed by atoms with Crippen molar-refractivity contribution in [1.82, 2.24) is 0 Å². The molecule has 0 aliphatic heterocycles. The van der Waals surface area contributed by atoms with E-state index in [1.807, 2.05) is 0 Å². The van der Waals surface area contributed by atoms with Gasteiger partial charge in [-0.2, -0.15) is 0 Å². The zero-order valence-electron chi connectivity index (χ0n) is 9.91. The van der Waals surface area contributed by atoms with Crippen molar-refractivity contribution in [3.05, 3.63) is 28.8 Å². The fraction of sp³-hybridized carbons (Fsp3) is 0.333. The normalized spacial score (nSPS) is 14.0. The van der Waals surface area contributed by atoms with Gasteiger partial charge in [-0.15, -0.1) is 0 Å². The smallest absolute Gasteiger partial charge is 0.335 e. The molecule has 2 atom stereocenters. The fourth-order valence-electron chi connectivity index (χ4n) is 1.62. The Bertz CT molecular complexity index is 494. The number of aromatic hydroxyl groups is 1. The van der Waals surface area contributed by atoms with Gasteiger partial charge in [0.2, 0.25) is 0 Å². The van der Waals surface area contributed by atoms with E-state index in [0.717, 1.165) is 6.07 Å². The summed E-state index contributed by atoms with van der Waals surface area (Å²) in [5, 5.41) is 37.1. The van der Waals surface area contributed by atoms with Crippen LogP contribution in [0.3, 0.4) is 0 Å². The Labute approximate surface area is 103 Å². The van der Waals surface area contributed by atoms with Crippen molar-refractivity contribution >= 4 is 11.8 Å². The summed E-state index contributed by atoms with van der Waals surface area (Å²) in [4.78, 5) is 21.7. The van der Waals surface area contributed by atoms with Gasteiger partial charge in [0.1, 0.15) is 11.9 Å². The summed E-state index contributed by atoms with van der Waals surface area (Å²) in [6, 6.07) is 2.42. The molecular weight excluding hydrogens is 240 g/mol. The second-order valence-electron chi connectivity index (χ2n) is 4.01. The fourth-order valence-corrected chi connectivity index (χ4v) is 1.62. The SMILES string of the molecule is CC(=O)c1cc(C)c(C(O)C(O)C(=O)O)cc1O. The molecule has 18 heavy (non-hydrogen) atoms. The molecule has 0 aromatic heterocycles. The van der Waals surface area contributed by atoms with E-state index in [4.69, 9.17) is 5.11 Å². The standard InChI is InChI=1S/C12H14O6/c1-5-3-8(6(2)13)9(14)4-7(5)10(15)11(16)12(17)18/h3-4,10-11,14-16H,1-2H3,(H,17,18). The van der Waals surface area contributed by atoms with E-state index in [1.54, 1.807) is 6.92 Å². The number of hydrogen-bond donors (Lipinski definition) is 4. The van der Waals surface area contributed by atoms with Crippen LogP contribution in [0.2, 0.25) is 0 Å². The summed E-state index contributed by atoms with van der Waals surface area (Å²) in [5.41, 5.74) is 0.548. The maximum absolute atomic E-state index is 11.2. The molecule has 4 N–H and O–H groups in total. The van der Waals surface area contributed by atoms with Crippen molar-refractivity contribution in [1.29, 1.82) is 0 Å². The van der Waals surface area contributed by atoms with Crippen LogP contribution in [0.4, 0.5) is 0 Å². The van der Waals surface area contributed by atoms with Crippen LogP contribution >= 0.6 is 0 Å². The Hall–Kier alpha value is -1.92. The molecule has 0 heterocycles. The van der Waals surface area contributed by atoms with Crippen molar-refractivity contribution in [2.45, 2.75) is 26.1 Å². The molecule has 6 nitrogen and oxygen atoms in total. The first kappa shape index (κ1) is 14.1. The Balaban J connectivity index is 3.23. The van der Waals surface area contributed by atoms with E-state index in [0.29, 0.717) is 5.56 Å². The first-order chi connectivity index (χ1) is 8.25. The quantitative estimate of drug-likeness (QED) is 0.577. The van der Waals surface area contributed by atoms with Crippen molar-refractivity contribution in [3.63, 3.8) is 0 Å². The minimum Gasteiger partial charge on any atom is -0.507 e. The predicted molar refractivity (Wildman–Crippen MR) is 61.5 cm³/mol. The number of aliphatic carboxylic acids is 1. The minimum absolute atomic E-state index is 0.0624. The van der Waals surface area contributed by atoms with Crippen molar-refractivity contribution in [2.75, 3.05) is 0 Å². The Morgan fingerprint density at radius 3 is 2.22 bits per heavy atom. The van der Waals surface area contributed by atoms with E-state index < -0.39 is 18.2 Å². The molecule has 0 radical (unpaired) electrons. The molecule has 0 spiro atoms. The molecule has 0 aliphatic rings. The number of ketones is 1. The highest BCUT2D eigenvalue weighted by molar-refractivity contribution is 5.97. The summed E-state index contributed by atoms with van der Waals surface area (Å²) in [6.45, 7) is 2.82. The van der Waals surface area contributed by atoms with Gasteiger partial charge in [0, 0.05) is 0 Å². The van der Waals surface area contributed by atoms with E-state index in [-0.39, 0.29) is 22.7 Å². The number of aliphatic hydroxyl groups is 2. The number of carbonyl (C=O) groups is 2. The average Bonchev–Trinajstić information content (AvgIpc) is 2.29. The number of phenols is 1. The topological polar surface area (TPSA) is 115 Å². The second-order valence-corrected chi connectivity index (χ2v) is 4.01. The van der Waals surface area contributed by atoms with Gasteiger partial charge in [0.05, 0.1) is 5.56 Å². The molecule has 1 aromatic rings. The molecule has 98 valence electrons. The molecule has 6 heteroatoms. The van der Waals surface area contributed by atoms with Crippen LogP contribution in [0.15, 0.2) is 12.1 Å². The lowest BCUT2D eigenvalue weighted by molar-refractivity contribution is -0.153. The van der Waals surface area contributed by atoms with Crippen LogP contribution in [0.5, 0.6) is 5.75 Å². The van der Waals surface area contributed by atoms with Gasteiger partial charge in [-0.1, -0.05) is 0 Å².